The van der Waals surface area contributed by atoms with E-state index in [2.05, 4.69) is 27.6 Å². The van der Waals surface area contributed by atoms with E-state index in [9.17, 15) is 14.7 Å². The minimum Gasteiger partial charge on any atom is -0.481 e. The Morgan fingerprint density at radius 1 is 1.15 bits per heavy atom. The van der Waals surface area contributed by atoms with Crippen LogP contribution in [0.4, 0.5) is 10.6 Å². The maximum Gasteiger partial charge on any atom is 0.320 e. The Morgan fingerprint density at radius 3 is 2.56 bits per heavy atom. The molecule has 9 heteroatoms. The minimum atomic E-state index is -0.736. The van der Waals surface area contributed by atoms with Gasteiger partial charge in [0.15, 0.2) is 0 Å². The molecule has 3 heterocycles. The number of benzene rings is 1. The van der Waals surface area contributed by atoms with Crippen molar-refractivity contribution >= 4 is 49.9 Å². The summed E-state index contributed by atoms with van der Waals surface area (Å²) in [4.78, 5) is 26.0. The molecule has 0 radical (unpaired) electrons. The topological polar surface area (TPSA) is 96.2 Å². The van der Waals surface area contributed by atoms with Crippen molar-refractivity contribution in [3.05, 3.63) is 69.5 Å². The third kappa shape index (κ3) is 4.18. The fourth-order valence-corrected chi connectivity index (χ4v) is 6.28. The second-order valence-corrected chi connectivity index (χ2v) is 10.5. The average Bonchev–Trinajstić information content (AvgIpc) is 3.26. The number of carboxylic acids is 1. The maximum absolute atomic E-state index is 12.6. The van der Waals surface area contributed by atoms with Crippen LogP contribution in [0.1, 0.15) is 46.7 Å². The van der Waals surface area contributed by atoms with Gasteiger partial charge in [-0.05, 0) is 37.5 Å². The van der Waals surface area contributed by atoms with E-state index in [0.29, 0.717) is 24.2 Å². The summed E-state index contributed by atoms with van der Waals surface area (Å²) in [6, 6.07) is 13.2. The highest BCUT2D eigenvalue weighted by Gasteiger charge is 2.53. The van der Waals surface area contributed by atoms with Gasteiger partial charge >= 0.3 is 12.0 Å². The van der Waals surface area contributed by atoms with E-state index in [1.54, 1.807) is 29.3 Å². The van der Waals surface area contributed by atoms with E-state index < -0.39 is 11.4 Å². The molecule has 4 aromatic rings. The van der Waals surface area contributed by atoms with Gasteiger partial charge in [0.05, 0.1) is 22.7 Å². The summed E-state index contributed by atoms with van der Waals surface area (Å²) in [5.41, 5.74) is 0.953. The predicted molar refractivity (Wildman–Crippen MR) is 134 cm³/mol. The van der Waals surface area contributed by atoms with Gasteiger partial charge in [-0.25, -0.2) is 4.79 Å². The fraction of sp³-hybridized carbons (Fsp3) is 0.240. The number of nitrogens with zero attached hydrogens (tertiary/aromatic N) is 2. The standard InChI is InChI=1S/C25H22N4O3S2/c1-15(16-6-4-3-5-7-16)27-24(32)28-22-17(14-26-29(22)2)8-9-18-12-19-20(33-18)13-21(34-19)25(10-11-25)23(30)31/h3-7,12-15H,10-11H2,1-2H3,(H,30,31)(H2,27,28,32)/t15-/m1/s1. The van der Waals surface area contributed by atoms with Crippen LogP contribution in [0, 0.1) is 11.8 Å². The Kier molecular flexibility index (Phi) is 5.63. The second-order valence-electron chi connectivity index (χ2n) is 8.35. The van der Waals surface area contributed by atoms with Crippen LogP contribution < -0.4 is 10.6 Å². The van der Waals surface area contributed by atoms with Gasteiger partial charge in [0.25, 0.3) is 0 Å². The van der Waals surface area contributed by atoms with Crippen LogP contribution >= 0.6 is 22.7 Å². The molecule has 1 aliphatic carbocycles. The number of hydrogen-bond donors (Lipinski definition) is 3. The van der Waals surface area contributed by atoms with Crippen molar-refractivity contribution in [3.63, 3.8) is 0 Å². The van der Waals surface area contributed by atoms with E-state index >= 15 is 0 Å². The highest BCUT2D eigenvalue weighted by atomic mass is 32.1. The van der Waals surface area contributed by atoms with Crippen molar-refractivity contribution in [1.29, 1.82) is 0 Å². The lowest BCUT2D eigenvalue weighted by atomic mass is 10.1. The van der Waals surface area contributed by atoms with Crippen LogP contribution in [-0.2, 0) is 17.3 Å². The number of nitrogens with one attached hydrogen (secondary N) is 2. The van der Waals surface area contributed by atoms with Crippen LogP contribution in [0.15, 0.2) is 48.7 Å². The zero-order valence-electron chi connectivity index (χ0n) is 18.6. The van der Waals surface area contributed by atoms with E-state index in [0.717, 1.165) is 24.7 Å². The number of carbonyl (C=O) groups is 2. The van der Waals surface area contributed by atoms with Crippen LogP contribution in [0.5, 0.6) is 0 Å². The van der Waals surface area contributed by atoms with Gasteiger partial charge in [0.1, 0.15) is 11.2 Å². The van der Waals surface area contributed by atoms with E-state index in [1.165, 1.54) is 11.3 Å². The van der Waals surface area contributed by atoms with E-state index in [4.69, 9.17) is 0 Å². The molecule has 0 saturated heterocycles. The quantitative estimate of drug-likeness (QED) is 0.339. The van der Waals surface area contributed by atoms with Crippen LogP contribution in [0.2, 0.25) is 0 Å². The van der Waals surface area contributed by atoms with Gasteiger partial charge in [0, 0.05) is 21.3 Å². The molecule has 3 aromatic heterocycles. The molecule has 0 spiro atoms. The number of aromatic nitrogens is 2. The first-order valence-corrected chi connectivity index (χ1v) is 12.4. The van der Waals surface area contributed by atoms with Gasteiger partial charge in [-0.1, -0.05) is 42.2 Å². The first kappa shape index (κ1) is 22.2. The molecule has 0 bridgehead atoms. The Morgan fingerprint density at radius 2 is 1.88 bits per heavy atom. The summed E-state index contributed by atoms with van der Waals surface area (Å²) in [7, 11) is 1.75. The number of aryl methyl sites for hydroxylation is 1. The van der Waals surface area contributed by atoms with Gasteiger partial charge < -0.3 is 10.4 Å². The zero-order chi connectivity index (χ0) is 23.9. The van der Waals surface area contributed by atoms with Crippen LogP contribution in [-0.4, -0.2) is 26.9 Å². The predicted octanol–water partition coefficient (Wildman–Crippen LogP) is 5.10. The summed E-state index contributed by atoms with van der Waals surface area (Å²) in [5, 5.41) is 19.5. The molecule has 1 aliphatic rings. The molecule has 5 rings (SSSR count). The first-order valence-electron chi connectivity index (χ1n) is 10.8. The third-order valence-corrected chi connectivity index (χ3v) is 8.39. The summed E-state index contributed by atoms with van der Waals surface area (Å²) >= 11 is 3.08. The van der Waals surface area contributed by atoms with Crippen molar-refractivity contribution in [1.82, 2.24) is 15.1 Å². The van der Waals surface area contributed by atoms with Gasteiger partial charge in [-0.15, -0.1) is 22.7 Å². The largest absolute Gasteiger partial charge is 0.481 e. The lowest BCUT2D eigenvalue weighted by Crippen LogP contribution is -2.32. The van der Waals surface area contributed by atoms with E-state index in [-0.39, 0.29) is 12.1 Å². The van der Waals surface area contributed by atoms with Crippen molar-refractivity contribution < 1.29 is 14.7 Å². The van der Waals surface area contributed by atoms with E-state index in [1.807, 2.05) is 49.4 Å². The Labute approximate surface area is 204 Å². The number of rotatable bonds is 5. The molecule has 0 unspecified atom stereocenters. The van der Waals surface area contributed by atoms with Crippen LogP contribution in [0.3, 0.4) is 0 Å². The number of aliphatic carboxylic acids is 1. The molecule has 1 fully saturated rings. The Balaban J connectivity index is 1.30. The van der Waals surface area contributed by atoms with Crippen molar-refractivity contribution in [2.45, 2.75) is 31.2 Å². The van der Waals surface area contributed by atoms with Gasteiger partial charge in [-0.2, -0.15) is 5.10 Å². The lowest BCUT2D eigenvalue weighted by molar-refractivity contribution is -0.139. The highest BCUT2D eigenvalue weighted by Crippen LogP contribution is 2.52. The molecule has 2 amide bonds. The third-order valence-electron chi connectivity index (χ3n) is 5.98. The van der Waals surface area contributed by atoms with Gasteiger partial charge in [-0.3, -0.25) is 14.8 Å². The molecule has 34 heavy (non-hydrogen) atoms. The summed E-state index contributed by atoms with van der Waals surface area (Å²) in [6.07, 6.45) is 3.04. The molecule has 7 nitrogen and oxygen atoms in total. The number of thiophene rings is 2. The molecule has 1 aromatic carbocycles. The van der Waals surface area contributed by atoms with Crippen molar-refractivity contribution in [2.24, 2.45) is 7.05 Å². The molecule has 1 saturated carbocycles. The summed E-state index contributed by atoms with van der Waals surface area (Å²) < 4.78 is 3.68. The number of fused-ring (bicyclic) bond motifs is 1. The molecule has 1 atom stereocenters. The molecule has 0 aliphatic heterocycles. The first-order chi connectivity index (χ1) is 16.4. The smallest absolute Gasteiger partial charge is 0.320 e. The fourth-order valence-electron chi connectivity index (χ4n) is 3.80. The number of carbonyl (C=O) groups excluding carboxylic acids is 1. The second kappa shape index (κ2) is 8.63. The molecule has 3 N–H and O–H groups in total. The SMILES string of the molecule is C[C@@H](NC(=O)Nc1c(C#Cc2cc3sc(C4(C(=O)O)CC4)cc3s2)cnn1C)c1ccccc1. The Hall–Kier alpha value is -3.61. The zero-order valence-corrected chi connectivity index (χ0v) is 20.2. The molecular weight excluding hydrogens is 468 g/mol. The minimum absolute atomic E-state index is 0.149. The number of carboxylic acid groups (broad SMARTS) is 1. The number of urea groups is 1. The molecular formula is C25H22N4O3S2. The van der Waals surface area contributed by atoms with Gasteiger partial charge in [0.2, 0.25) is 0 Å². The number of anilines is 1. The summed E-state index contributed by atoms with van der Waals surface area (Å²) in [6.45, 7) is 1.92. The lowest BCUT2D eigenvalue weighted by Gasteiger charge is -2.15. The number of hydrogen-bond acceptors (Lipinski definition) is 5. The average molecular weight is 491 g/mol. The molecule has 172 valence electrons. The number of amides is 2. The maximum atomic E-state index is 12.6. The van der Waals surface area contributed by atoms with Crippen molar-refractivity contribution in [2.75, 3.05) is 5.32 Å². The summed E-state index contributed by atoms with van der Waals surface area (Å²) in [5.74, 6) is 6.05. The van der Waals surface area contributed by atoms with Crippen molar-refractivity contribution in [3.8, 4) is 11.8 Å². The highest BCUT2D eigenvalue weighted by molar-refractivity contribution is 7.28. The van der Waals surface area contributed by atoms with Crippen LogP contribution in [0.25, 0.3) is 9.40 Å². The monoisotopic (exact) mass is 490 g/mol. The normalized spacial score (nSPS) is 14.8. The Bertz CT molecular complexity index is 1420.